The molecule has 1 aliphatic rings. The predicted octanol–water partition coefficient (Wildman–Crippen LogP) is 0.703. The number of carbonyl (C=O) groups is 2. The Balaban J connectivity index is 1.94. The van der Waals surface area contributed by atoms with Gasteiger partial charge < -0.3 is 15.7 Å². The molecule has 0 aromatic heterocycles. The zero-order chi connectivity index (χ0) is 10.4. The van der Waals surface area contributed by atoms with E-state index in [1.54, 1.807) is 0 Å². The van der Waals surface area contributed by atoms with Gasteiger partial charge in [0.1, 0.15) is 0 Å². The zero-order valence-corrected chi connectivity index (χ0v) is 8.08. The third-order valence-corrected chi connectivity index (χ3v) is 2.29. The molecule has 0 aromatic carbocycles. The summed E-state index contributed by atoms with van der Waals surface area (Å²) in [7, 11) is 0. The Hall–Kier alpha value is -1.26. The molecule has 1 aliphatic heterocycles. The Bertz CT molecular complexity index is 218. The first kappa shape index (κ1) is 10.8. The van der Waals surface area contributed by atoms with Gasteiger partial charge in [-0.3, -0.25) is 4.79 Å². The average molecular weight is 200 g/mol. The van der Waals surface area contributed by atoms with E-state index in [-0.39, 0.29) is 18.5 Å². The molecule has 5 heteroatoms. The van der Waals surface area contributed by atoms with Crippen molar-refractivity contribution >= 4 is 12.0 Å². The van der Waals surface area contributed by atoms with Gasteiger partial charge in [-0.05, 0) is 12.8 Å². The van der Waals surface area contributed by atoms with Crippen LogP contribution in [0.4, 0.5) is 4.79 Å². The number of rotatable bonds is 6. The van der Waals surface area contributed by atoms with Crippen LogP contribution in [-0.4, -0.2) is 29.7 Å². The normalized spacial score (nSPS) is 20.3. The number of aliphatic carboxylic acids is 1. The number of carbonyl (C=O) groups excluding carboxylic acids is 1. The van der Waals surface area contributed by atoms with Crippen LogP contribution in [0.5, 0.6) is 0 Å². The fourth-order valence-corrected chi connectivity index (χ4v) is 1.52. The second-order valence-electron chi connectivity index (χ2n) is 3.54. The summed E-state index contributed by atoms with van der Waals surface area (Å²) in [6, 6.07) is 0.132. The van der Waals surface area contributed by atoms with Gasteiger partial charge in [0.2, 0.25) is 0 Å². The van der Waals surface area contributed by atoms with Crippen LogP contribution in [0.15, 0.2) is 0 Å². The van der Waals surface area contributed by atoms with Gasteiger partial charge in [0.15, 0.2) is 0 Å². The maximum absolute atomic E-state index is 10.7. The van der Waals surface area contributed by atoms with E-state index in [9.17, 15) is 9.59 Å². The first-order chi connectivity index (χ1) is 6.68. The van der Waals surface area contributed by atoms with Crippen molar-refractivity contribution < 1.29 is 14.7 Å². The standard InChI is InChI=1S/C9H16N2O3/c12-8(13)5-3-1-2-4-7-6-10-9(14)11-7/h7H,1-6H2,(H,12,13)(H2,10,11,14). The van der Waals surface area contributed by atoms with Crippen LogP contribution in [0.1, 0.15) is 32.1 Å². The fourth-order valence-electron chi connectivity index (χ4n) is 1.52. The van der Waals surface area contributed by atoms with Crippen LogP contribution in [0.2, 0.25) is 0 Å². The third-order valence-electron chi connectivity index (χ3n) is 2.29. The van der Waals surface area contributed by atoms with E-state index >= 15 is 0 Å². The highest BCUT2D eigenvalue weighted by molar-refractivity contribution is 5.76. The molecule has 1 saturated heterocycles. The number of hydrogen-bond acceptors (Lipinski definition) is 2. The summed E-state index contributed by atoms with van der Waals surface area (Å²) in [5.74, 6) is -0.735. The van der Waals surface area contributed by atoms with E-state index in [0.717, 1.165) is 25.7 Å². The van der Waals surface area contributed by atoms with Crippen molar-refractivity contribution in [1.82, 2.24) is 10.6 Å². The first-order valence-electron chi connectivity index (χ1n) is 4.94. The topological polar surface area (TPSA) is 78.4 Å². The fraction of sp³-hybridized carbons (Fsp3) is 0.778. The molecule has 0 radical (unpaired) electrons. The van der Waals surface area contributed by atoms with Gasteiger partial charge in [0.25, 0.3) is 0 Å². The lowest BCUT2D eigenvalue weighted by atomic mass is 10.1. The second-order valence-corrected chi connectivity index (χ2v) is 3.54. The van der Waals surface area contributed by atoms with Crippen LogP contribution < -0.4 is 10.6 Å². The van der Waals surface area contributed by atoms with Crippen molar-refractivity contribution in [2.75, 3.05) is 6.54 Å². The number of urea groups is 1. The van der Waals surface area contributed by atoms with E-state index in [4.69, 9.17) is 5.11 Å². The maximum atomic E-state index is 10.7. The van der Waals surface area contributed by atoms with Crippen LogP contribution in [-0.2, 0) is 4.79 Å². The van der Waals surface area contributed by atoms with Crippen molar-refractivity contribution in [1.29, 1.82) is 0 Å². The molecule has 0 aromatic rings. The summed E-state index contributed by atoms with van der Waals surface area (Å²) in [6.07, 6.45) is 3.79. The Morgan fingerprint density at radius 1 is 1.43 bits per heavy atom. The maximum Gasteiger partial charge on any atom is 0.315 e. The largest absolute Gasteiger partial charge is 0.481 e. The number of unbranched alkanes of at least 4 members (excludes halogenated alkanes) is 2. The SMILES string of the molecule is O=C(O)CCCCCC1CNC(=O)N1. The molecule has 14 heavy (non-hydrogen) atoms. The van der Waals surface area contributed by atoms with Crippen LogP contribution in [0, 0.1) is 0 Å². The van der Waals surface area contributed by atoms with Crippen LogP contribution in [0.25, 0.3) is 0 Å². The van der Waals surface area contributed by atoms with Crippen LogP contribution in [0.3, 0.4) is 0 Å². The molecule has 0 saturated carbocycles. The quantitative estimate of drug-likeness (QED) is 0.552. The number of amides is 2. The van der Waals surface area contributed by atoms with Gasteiger partial charge in [-0.2, -0.15) is 0 Å². The summed E-state index contributed by atoms with van der Waals surface area (Å²) in [5, 5.41) is 13.9. The third kappa shape index (κ3) is 4.11. The lowest BCUT2D eigenvalue weighted by Crippen LogP contribution is -2.26. The second kappa shape index (κ2) is 5.47. The Morgan fingerprint density at radius 3 is 2.79 bits per heavy atom. The minimum atomic E-state index is -0.735. The van der Waals surface area contributed by atoms with Gasteiger partial charge in [-0.1, -0.05) is 12.8 Å². The Kier molecular flexibility index (Phi) is 4.22. The predicted molar refractivity (Wildman–Crippen MR) is 51.0 cm³/mol. The molecule has 0 spiro atoms. The lowest BCUT2D eigenvalue weighted by molar-refractivity contribution is -0.137. The lowest BCUT2D eigenvalue weighted by Gasteiger charge is -2.06. The van der Waals surface area contributed by atoms with Crippen molar-refractivity contribution in [2.45, 2.75) is 38.1 Å². The highest BCUT2D eigenvalue weighted by Crippen LogP contribution is 2.07. The summed E-state index contributed by atoms with van der Waals surface area (Å²) >= 11 is 0. The molecular formula is C9H16N2O3. The molecule has 1 atom stereocenters. The van der Waals surface area contributed by atoms with Crippen molar-refractivity contribution in [3.63, 3.8) is 0 Å². The van der Waals surface area contributed by atoms with E-state index in [2.05, 4.69) is 10.6 Å². The first-order valence-corrected chi connectivity index (χ1v) is 4.94. The molecule has 2 amide bonds. The van der Waals surface area contributed by atoms with Gasteiger partial charge in [0, 0.05) is 19.0 Å². The monoisotopic (exact) mass is 200 g/mol. The molecule has 1 unspecified atom stereocenters. The summed E-state index contributed by atoms with van der Waals surface area (Å²) in [6.45, 7) is 0.692. The minimum absolute atomic E-state index is 0.0967. The highest BCUT2D eigenvalue weighted by atomic mass is 16.4. The molecule has 5 nitrogen and oxygen atoms in total. The van der Waals surface area contributed by atoms with Gasteiger partial charge in [0.05, 0.1) is 0 Å². The number of nitrogens with one attached hydrogen (secondary N) is 2. The van der Waals surface area contributed by atoms with E-state index in [0.29, 0.717) is 6.54 Å². The smallest absolute Gasteiger partial charge is 0.315 e. The number of carboxylic acid groups (broad SMARTS) is 1. The zero-order valence-electron chi connectivity index (χ0n) is 8.08. The van der Waals surface area contributed by atoms with Crippen molar-refractivity contribution in [3.8, 4) is 0 Å². The summed E-state index contributed by atoms with van der Waals surface area (Å²) in [5.41, 5.74) is 0. The number of carboxylic acids is 1. The van der Waals surface area contributed by atoms with E-state index in [1.165, 1.54) is 0 Å². The summed E-state index contributed by atoms with van der Waals surface area (Å²) in [4.78, 5) is 20.9. The number of hydrogen-bond donors (Lipinski definition) is 3. The molecule has 3 N–H and O–H groups in total. The average Bonchev–Trinajstić information content (AvgIpc) is 2.50. The highest BCUT2D eigenvalue weighted by Gasteiger charge is 2.18. The Labute approximate surface area is 82.9 Å². The Morgan fingerprint density at radius 2 is 2.21 bits per heavy atom. The molecule has 1 heterocycles. The van der Waals surface area contributed by atoms with E-state index in [1.807, 2.05) is 0 Å². The van der Waals surface area contributed by atoms with Crippen molar-refractivity contribution in [3.05, 3.63) is 0 Å². The molecular weight excluding hydrogens is 184 g/mol. The minimum Gasteiger partial charge on any atom is -0.481 e. The van der Waals surface area contributed by atoms with Gasteiger partial charge in [-0.25, -0.2) is 4.79 Å². The molecule has 1 rings (SSSR count). The van der Waals surface area contributed by atoms with Gasteiger partial charge >= 0.3 is 12.0 Å². The molecule has 80 valence electrons. The van der Waals surface area contributed by atoms with E-state index < -0.39 is 5.97 Å². The van der Waals surface area contributed by atoms with Gasteiger partial charge in [-0.15, -0.1) is 0 Å². The summed E-state index contributed by atoms with van der Waals surface area (Å²) < 4.78 is 0. The molecule has 0 bridgehead atoms. The van der Waals surface area contributed by atoms with Crippen molar-refractivity contribution in [2.24, 2.45) is 0 Å². The molecule has 0 aliphatic carbocycles. The van der Waals surface area contributed by atoms with Crippen LogP contribution >= 0.6 is 0 Å². The molecule has 1 fully saturated rings.